The van der Waals surface area contributed by atoms with E-state index >= 15 is 0 Å². The van der Waals surface area contributed by atoms with Crippen molar-refractivity contribution in [1.82, 2.24) is 25.0 Å². The second kappa shape index (κ2) is 7.37. The number of hydrogen-bond acceptors (Lipinski definition) is 4. The van der Waals surface area contributed by atoms with E-state index in [9.17, 15) is 4.79 Å². The van der Waals surface area contributed by atoms with Crippen LogP contribution in [-0.2, 0) is 11.3 Å². The summed E-state index contributed by atoms with van der Waals surface area (Å²) in [6, 6.07) is 7.77. The number of aryl methyl sites for hydroxylation is 3. The van der Waals surface area contributed by atoms with Gasteiger partial charge in [0.05, 0.1) is 6.54 Å². The zero-order valence-corrected chi connectivity index (χ0v) is 14.5. The summed E-state index contributed by atoms with van der Waals surface area (Å²) in [5, 5.41) is 7.29. The molecule has 0 saturated carbocycles. The van der Waals surface area contributed by atoms with E-state index in [2.05, 4.69) is 15.4 Å². The average molecular weight is 315 g/mol. The average Bonchev–Trinajstić information content (AvgIpc) is 2.79. The third-order valence-electron chi connectivity index (χ3n) is 3.74. The van der Waals surface area contributed by atoms with Crippen LogP contribution in [0.25, 0.3) is 0 Å². The summed E-state index contributed by atoms with van der Waals surface area (Å²) in [5.41, 5.74) is 2.18. The molecule has 2 aromatic rings. The topological polar surface area (TPSA) is 63.1 Å². The highest BCUT2D eigenvalue weighted by molar-refractivity contribution is 5.83. The first-order valence-corrected chi connectivity index (χ1v) is 7.77. The highest BCUT2D eigenvalue weighted by Gasteiger charge is 2.22. The van der Waals surface area contributed by atoms with Crippen LogP contribution in [0.4, 0.5) is 0 Å². The second-order valence-electron chi connectivity index (χ2n) is 6.00. The molecule has 1 N–H and O–H groups in total. The summed E-state index contributed by atoms with van der Waals surface area (Å²) >= 11 is 0. The van der Waals surface area contributed by atoms with E-state index in [-0.39, 0.29) is 11.9 Å². The van der Waals surface area contributed by atoms with Gasteiger partial charge in [0.15, 0.2) is 0 Å². The Balaban J connectivity index is 1.98. The Morgan fingerprint density at radius 2 is 1.87 bits per heavy atom. The molecule has 0 saturated heterocycles. The van der Waals surface area contributed by atoms with Crippen LogP contribution in [0.1, 0.15) is 28.8 Å². The van der Waals surface area contributed by atoms with Crippen molar-refractivity contribution in [1.29, 1.82) is 0 Å². The van der Waals surface area contributed by atoms with E-state index in [1.807, 2.05) is 68.7 Å². The fourth-order valence-electron chi connectivity index (χ4n) is 2.59. The summed E-state index contributed by atoms with van der Waals surface area (Å²) in [4.78, 5) is 18.7. The molecule has 2 rings (SSSR count). The standard InChI is InChI=1S/C17H25N5O/c1-12-6-8-15(9-7-12)16(21(4)5)17(23)18-10-11-22-14(3)19-13(2)20-22/h6-9,16H,10-11H2,1-5H3,(H,18,23)/t16-/m0/s1. The zero-order valence-electron chi connectivity index (χ0n) is 14.5. The molecule has 1 heterocycles. The Morgan fingerprint density at radius 1 is 1.22 bits per heavy atom. The van der Waals surface area contributed by atoms with Crippen molar-refractivity contribution >= 4 is 5.91 Å². The number of nitrogens with zero attached hydrogens (tertiary/aromatic N) is 4. The van der Waals surface area contributed by atoms with Gasteiger partial charge in [-0.15, -0.1) is 0 Å². The summed E-state index contributed by atoms with van der Waals surface area (Å²) in [5.74, 6) is 1.60. The van der Waals surface area contributed by atoms with Gasteiger partial charge < -0.3 is 5.32 Å². The third-order valence-corrected chi connectivity index (χ3v) is 3.74. The first kappa shape index (κ1) is 17.1. The number of benzene rings is 1. The second-order valence-corrected chi connectivity index (χ2v) is 6.00. The van der Waals surface area contributed by atoms with Crippen LogP contribution >= 0.6 is 0 Å². The first-order chi connectivity index (χ1) is 10.9. The quantitative estimate of drug-likeness (QED) is 0.880. The number of hydrogen-bond donors (Lipinski definition) is 1. The van der Waals surface area contributed by atoms with Crippen molar-refractivity contribution < 1.29 is 4.79 Å². The van der Waals surface area contributed by atoms with Gasteiger partial charge in [-0.25, -0.2) is 9.67 Å². The lowest BCUT2D eigenvalue weighted by Gasteiger charge is -2.24. The number of aromatic nitrogens is 3. The molecule has 6 nitrogen and oxygen atoms in total. The SMILES string of the molecule is Cc1ccc([C@@H](C(=O)NCCn2nc(C)nc2C)N(C)C)cc1. The van der Waals surface area contributed by atoms with Crippen LogP contribution in [0.5, 0.6) is 0 Å². The zero-order chi connectivity index (χ0) is 17.0. The van der Waals surface area contributed by atoms with Crippen molar-refractivity contribution in [2.45, 2.75) is 33.4 Å². The molecule has 0 radical (unpaired) electrons. The van der Waals surface area contributed by atoms with E-state index in [4.69, 9.17) is 0 Å². The van der Waals surface area contributed by atoms with Crippen molar-refractivity contribution in [2.24, 2.45) is 0 Å². The van der Waals surface area contributed by atoms with Gasteiger partial charge in [0.25, 0.3) is 0 Å². The molecule has 1 amide bonds. The molecule has 124 valence electrons. The van der Waals surface area contributed by atoms with E-state index in [0.29, 0.717) is 13.1 Å². The summed E-state index contributed by atoms with van der Waals surface area (Å²) in [6.07, 6.45) is 0. The number of carbonyl (C=O) groups is 1. The fraction of sp³-hybridized carbons (Fsp3) is 0.471. The molecule has 0 aliphatic rings. The Hall–Kier alpha value is -2.21. The molecule has 0 unspecified atom stereocenters. The Kier molecular flexibility index (Phi) is 5.50. The maximum absolute atomic E-state index is 12.6. The van der Waals surface area contributed by atoms with E-state index in [0.717, 1.165) is 17.2 Å². The van der Waals surface area contributed by atoms with Crippen LogP contribution in [-0.4, -0.2) is 46.2 Å². The van der Waals surface area contributed by atoms with Gasteiger partial charge in [-0.1, -0.05) is 29.8 Å². The van der Waals surface area contributed by atoms with Crippen molar-refractivity contribution in [3.63, 3.8) is 0 Å². The fourth-order valence-corrected chi connectivity index (χ4v) is 2.59. The molecule has 23 heavy (non-hydrogen) atoms. The van der Waals surface area contributed by atoms with Crippen LogP contribution in [0.2, 0.25) is 0 Å². The summed E-state index contributed by atoms with van der Waals surface area (Å²) < 4.78 is 1.81. The molecule has 0 aliphatic carbocycles. The largest absolute Gasteiger partial charge is 0.353 e. The normalized spacial score (nSPS) is 12.4. The smallest absolute Gasteiger partial charge is 0.242 e. The Bertz CT molecular complexity index is 660. The van der Waals surface area contributed by atoms with Gasteiger partial charge in [0, 0.05) is 6.54 Å². The molecule has 1 aromatic carbocycles. The van der Waals surface area contributed by atoms with Gasteiger partial charge in [-0.05, 0) is 40.4 Å². The maximum Gasteiger partial charge on any atom is 0.242 e. The minimum Gasteiger partial charge on any atom is -0.353 e. The number of amides is 1. The van der Waals surface area contributed by atoms with Gasteiger partial charge in [-0.3, -0.25) is 9.69 Å². The molecule has 1 aromatic heterocycles. The van der Waals surface area contributed by atoms with Gasteiger partial charge in [-0.2, -0.15) is 5.10 Å². The van der Waals surface area contributed by atoms with Crippen LogP contribution < -0.4 is 5.32 Å². The van der Waals surface area contributed by atoms with E-state index < -0.39 is 0 Å². The van der Waals surface area contributed by atoms with E-state index in [1.54, 1.807) is 0 Å². The monoisotopic (exact) mass is 315 g/mol. The third kappa shape index (κ3) is 4.39. The molecule has 0 aliphatic heterocycles. The van der Waals surface area contributed by atoms with E-state index in [1.165, 1.54) is 5.56 Å². The minimum absolute atomic E-state index is 0.00616. The molecule has 0 bridgehead atoms. The number of likely N-dealkylation sites (N-methyl/N-ethyl adjacent to an activating group) is 1. The predicted octanol–water partition coefficient (Wildman–Crippen LogP) is 1.62. The molecule has 6 heteroatoms. The van der Waals surface area contributed by atoms with Crippen molar-refractivity contribution in [3.05, 3.63) is 47.0 Å². The van der Waals surface area contributed by atoms with Gasteiger partial charge in [0.1, 0.15) is 17.7 Å². The van der Waals surface area contributed by atoms with Crippen molar-refractivity contribution in [3.8, 4) is 0 Å². The number of rotatable bonds is 6. The molecule has 0 spiro atoms. The molecular formula is C17H25N5O. The highest BCUT2D eigenvalue weighted by atomic mass is 16.2. The lowest BCUT2D eigenvalue weighted by Crippen LogP contribution is -2.38. The molecule has 1 atom stereocenters. The lowest BCUT2D eigenvalue weighted by atomic mass is 10.0. The molecular weight excluding hydrogens is 290 g/mol. The predicted molar refractivity (Wildman–Crippen MR) is 90.1 cm³/mol. The van der Waals surface area contributed by atoms with Crippen LogP contribution in [0, 0.1) is 20.8 Å². The highest BCUT2D eigenvalue weighted by Crippen LogP contribution is 2.18. The number of carbonyl (C=O) groups excluding carboxylic acids is 1. The Labute approximate surface area is 137 Å². The van der Waals surface area contributed by atoms with Gasteiger partial charge in [0.2, 0.25) is 5.91 Å². The first-order valence-electron chi connectivity index (χ1n) is 7.77. The van der Waals surface area contributed by atoms with Gasteiger partial charge >= 0.3 is 0 Å². The van der Waals surface area contributed by atoms with Crippen molar-refractivity contribution in [2.75, 3.05) is 20.6 Å². The maximum atomic E-state index is 12.6. The summed E-state index contributed by atoms with van der Waals surface area (Å²) in [6.45, 7) is 6.96. The van der Waals surface area contributed by atoms with Crippen LogP contribution in [0.3, 0.4) is 0 Å². The summed E-state index contributed by atoms with van der Waals surface area (Å²) in [7, 11) is 3.82. The van der Waals surface area contributed by atoms with Crippen LogP contribution in [0.15, 0.2) is 24.3 Å². The molecule has 0 fully saturated rings. The Morgan fingerprint density at radius 3 is 2.39 bits per heavy atom. The lowest BCUT2D eigenvalue weighted by molar-refractivity contribution is -0.125. The number of nitrogens with one attached hydrogen (secondary N) is 1. The minimum atomic E-state index is -0.297.